The summed E-state index contributed by atoms with van der Waals surface area (Å²) in [4.78, 5) is 25.3. The van der Waals surface area contributed by atoms with Crippen molar-refractivity contribution in [2.75, 3.05) is 10.6 Å². The van der Waals surface area contributed by atoms with Crippen molar-refractivity contribution in [2.24, 2.45) is 0 Å². The first kappa shape index (κ1) is 21.4. The maximum Gasteiger partial charge on any atom is 0.265 e. The van der Waals surface area contributed by atoms with Crippen molar-refractivity contribution in [3.63, 3.8) is 0 Å². The van der Waals surface area contributed by atoms with Crippen LogP contribution in [0.4, 0.5) is 15.8 Å². The van der Waals surface area contributed by atoms with Crippen molar-refractivity contribution >= 4 is 23.2 Å². The highest BCUT2D eigenvalue weighted by Gasteiger charge is 2.24. The summed E-state index contributed by atoms with van der Waals surface area (Å²) in [5, 5.41) is 10.3. The van der Waals surface area contributed by atoms with Gasteiger partial charge in [-0.1, -0.05) is 29.8 Å². The molecule has 2 amide bonds. The van der Waals surface area contributed by atoms with Crippen molar-refractivity contribution in [3.05, 3.63) is 89.9 Å². The van der Waals surface area contributed by atoms with Gasteiger partial charge in [0, 0.05) is 17.4 Å². The molecule has 0 saturated carbocycles. The van der Waals surface area contributed by atoms with E-state index in [2.05, 4.69) is 15.7 Å². The summed E-state index contributed by atoms with van der Waals surface area (Å²) < 4.78 is 20.5. The third-order valence-corrected chi connectivity index (χ3v) is 5.54. The lowest BCUT2D eigenvalue weighted by Crippen LogP contribution is -2.34. The van der Waals surface area contributed by atoms with Gasteiger partial charge in [0.05, 0.1) is 16.9 Å². The minimum atomic E-state index is -0.581. The molecule has 3 aromatic carbocycles. The molecule has 0 saturated heterocycles. The van der Waals surface area contributed by atoms with Crippen LogP contribution in [0.2, 0.25) is 0 Å². The fourth-order valence-corrected chi connectivity index (χ4v) is 3.68. The van der Waals surface area contributed by atoms with Crippen LogP contribution in [0.3, 0.4) is 0 Å². The molecule has 1 aromatic heterocycles. The molecule has 0 spiro atoms. The largest absolute Gasteiger partial charge is 0.479 e. The van der Waals surface area contributed by atoms with E-state index < -0.39 is 6.10 Å². The average molecular weight is 456 g/mol. The topological polar surface area (TPSA) is 85.3 Å². The maximum absolute atomic E-state index is 13.4. The first-order valence-corrected chi connectivity index (χ1v) is 10.7. The quantitative estimate of drug-likeness (QED) is 0.455. The Bertz CT molecular complexity index is 1390. The number of amides is 2. The highest BCUT2D eigenvalue weighted by molar-refractivity contribution is 6.08. The van der Waals surface area contributed by atoms with Crippen LogP contribution in [0.1, 0.15) is 22.8 Å². The van der Waals surface area contributed by atoms with Crippen LogP contribution in [0.25, 0.3) is 16.9 Å². The van der Waals surface area contributed by atoms with Crippen molar-refractivity contribution in [1.29, 1.82) is 0 Å². The maximum atomic E-state index is 13.4. The number of benzene rings is 3. The first-order chi connectivity index (χ1) is 16.4. The molecule has 0 bridgehead atoms. The Kier molecular flexibility index (Phi) is 5.33. The zero-order valence-corrected chi connectivity index (χ0v) is 18.5. The molecule has 4 aromatic rings. The predicted molar refractivity (Wildman–Crippen MR) is 127 cm³/mol. The van der Waals surface area contributed by atoms with Gasteiger partial charge in [0.15, 0.2) is 6.10 Å². The Morgan fingerprint density at radius 1 is 1.09 bits per heavy atom. The molecule has 2 N–H and O–H groups in total. The minimum Gasteiger partial charge on any atom is -0.479 e. The van der Waals surface area contributed by atoms with Crippen molar-refractivity contribution < 1.29 is 18.7 Å². The molecule has 1 unspecified atom stereocenters. The molecule has 8 heteroatoms. The number of aryl methyl sites for hydroxylation is 1. The Hall–Kier alpha value is -4.46. The number of ether oxygens (including phenoxy) is 1. The van der Waals surface area contributed by atoms with E-state index in [0.717, 1.165) is 11.1 Å². The number of carbonyl (C=O) groups is 2. The average Bonchev–Trinajstić information content (AvgIpc) is 3.27. The molecule has 2 heterocycles. The number of hydrogen-bond acceptors (Lipinski definition) is 4. The van der Waals surface area contributed by atoms with Crippen LogP contribution in [-0.2, 0) is 4.79 Å². The van der Waals surface area contributed by atoms with Gasteiger partial charge in [-0.05, 0) is 56.3 Å². The lowest BCUT2D eigenvalue weighted by Gasteiger charge is -2.23. The van der Waals surface area contributed by atoms with E-state index in [1.54, 1.807) is 48.1 Å². The molecule has 170 valence electrons. The van der Waals surface area contributed by atoms with Crippen LogP contribution in [0.15, 0.2) is 72.9 Å². The fraction of sp³-hybridized carbons (Fsp3) is 0.115. The predicted octanol–water partition coefficient (Wildman–Crippen LogP) is 4.96. The summed E-state index contributed by atoms with van der Waals surface area (Å²) in [6.07, 6.45) is 1.03. The fourth-order valence-electron chi connectivity index (χ4n) is 3.68. The minimum absolute atomic E-state index is 0.252. The standard InChI is InChI=1S/C26H21FN4O3/c1-15-3-5-17(6-4-15)24-21(14-31(30-24)20-10-7-18(27)8-11-20)26(33)28-19-9-12-23-22(13-19)29-25(32)16(2)34-23/h3-14,16H,1-2H3,(H,28,33)(H,29,32). The number of rotatable bonds is 4. The Labute approximate surface area is 195 Å². The Morgan fingerprint density at radius 3 is 2.56 bits per heavy atom. The van der Waals surface area contributed by atoms with Crippen LogP contribution < -0.4 is 15.4 Å². The molecule has 7 nitrogen and oxygen atoms in total. The van der Waals surface area contributed by atoms with Crippen LogP contribution in [0.5, 0.6) is 5.75 Å². The van der Waals surface area contributed by atoms with E-state index in [1.165, 1.54) is 12.1 Å². The third-order valence-electron chi connectivity index (χ3n) is 5.54. The number of anilines is 2. The van der Waals surface area contributed by atoms with E-state index in [0.29, 0.717) is 34.1 Å². The zero-order valence-electron chi connectivity index (χ0n) is 18.5. The molecule has 0 fully saturated rings. The van der Waals surface area contributed by atoms with Gasteiger partial charge >= 0.3 is 0 Å². The monoisotopic (exact) mass is 456 g/mol. The van der Waals surface area contributed by atoms with Crippen LogP contribution >= 0.6 is 0 Å². The smallest absolute Gasteiger partial charge is 0.265 e. The van der Waals surface area contributed by atoms with Gasteiger partial charge in [-0.25, -0.2) is 9.07 Å². The van der Waals surface area contributed by atoms with E-state index >= 15 is 0 Å². The van der Waals surface area contributed by atoms with Gasteiger partial charge in [0.1, 0.15) is 17.3 Å². The lowest BCUT2D eigenvalue weighted by molar-refractivity contribution is -0.122. The number of aromatic nitrogens is 2. The van der Waals surface area contributed by atoms with E-state index in [-0.39, 0.29) is 17.6 Å². The number of hydrogen-bond donors (Lipinski definition) is 2. The van der Waals surface area contributed by atoms with Gasteiger partial charge in [0.25, 0.3) is 11.8 Å². The number of carbonyl (C=O) groups excluding carboxylic acids is 2. The summed E-state index contributed by atoms with van der Waals surface area (Å²) >= 11 is 0. The lowest BCUT2D eigenvalue weighted by atomic mass is 10.1. The third kappa shape index (κ3) is 4.13. The number of fused-ring (bicyclic) bond motifs is 1. The molecule has 1 aliphatic rings. The molecular formula is C26H21FN4O3. The Balaban J connectivity index is 1.50. The van der Waals surface area contributed by atoms with Gasteiger partial charge in [0.2, 0.25) is 0 Å². The number of nitrogens with zero attached hydrogens (tertiary/aromatic N) is 2. The van der Waals surface area contributed by atoms with E-state index in [4.69, 9.17) is 4.74 Å². The summed E-state index contributed by atoms with van der Waals surface area (Å²) in [5.41, 5.74) is 4.30. The van der Waals surface area contributed by atoms with Crippen molar-refractivity contribution in [1.82, 2.24) is 9.78 Å². The second kappa shape index (κ2) is 8.47. The Morgan fingerprint density at radius 2 is 1.82 bits per heavy atom. The summed E-state index contributed by atoms with van der Waals surface area (Å²) in [7, 11) is 0. The van der Waals surface area contributed by atoms with Gasteiger partial charge in [-0.3, -0.25) is 9.59 Å². The van der Waals surface area contributed by atoms with Crippen LogP contribution in [-0.4, -0.2) is 27.7 Å². The molecule has 0 aliphatic carbocycles. The van der Waals surface area contributed by atoms with Crippen molar-refractivity contribution in [3.8, 4) is 22.7 Å². The molecule has 0 radical (unpaired) electrons. The van der Waals surface area contributed by atoms with Gasteiger partial charge in [-0.15, -0.1) is 0 Å². The van der Waals surface area contributed by atoms with Crippen molar-refractivity contribution in [2.45, 2.75) is 20.0 Å². The van der Waals surface area contributed by atoms with E-state index in [9.17, 15) is 14.0 Å². The highest BCUT2D eigenvalue weighted by Crippen LogP contribution is 2.33. The summed E-state index contributed by atoms with van der Waals surface area (Å²) in [5.74, 6) is -0.446. The second-order valence-corrected chi connectivity index (χ2v) is 8.09. The SMILES string of the molecule is Cc1ccc(-c2nn(-c3ccc(F)cc3)cc2C(=O)Nc2ccc3c(c2)NC(=O)C(C)O3)cc1. The van der Waals surface area contributed by atoms with Gasteiger partial charge in [-0.2, -0.15) is 5.10 Å². The first-order valence-electron chi connectivity index (χ1n) is 10.7. The molecule has 1 aliphatic heterocycles. The highest BCUT2D eigenvalue weighted by atomic mass is 19.1. The summed E-state index contributed by atoms with van der Waals surface area (Å²) in [6, 6.07) is 18.6. The molecule has 34 heavy (non-hydrogen) atoms. The normalized spacial score (nSPS) is 14.7. The second-order valence-electron chi connectivity index (χ2n) is 8.09. The number of halogens is 1. The zero-order chi connectivity index (χ0) is 23.8. The number of nitrogens with one attached hydrogen (secondary N) is 2. The summed E-state index contributed by atoms with van der Waals surface area (Å²) in [6.45, 7) is 3.65. The molecule has 1 atom stereocenters. The van der Waals surface area contributed by atoms with Gasteiger partial charge < -0.3 is 15.4 Å². The van der Waals surface area contributed by atoms with E-state index in [1.807, 2.05) is 31.2 Å². The molecular weight excluding hydrogens is 435 g/mol. The molecule has 5 rings (SSSR count). The van der Waals surface area contributed by atoms with Crippen LogP contribution in [0, 0.1) is 12.7 Å².